The van der Waals surface area contributed by atoms with E-state index in [1.165, 1.54) is 31.4 Å². The highest BCUT2D eigenvalue weighted by Crippen LogP contribution is 2.12. The molecule has 0 aliphatic carbocycles. The normalized spacial score (nSPS) is 9.92. The molecule has 0 bridgehead atoms. The highest BCUT2D eigenvalue weighted by Gasteiger charge is 2.08. The van der Waals surface area contributed by atoms with Crippen LogP contribution in [0.25, 0.3) is 11.0 Å². The van der Waals surface area contributed by atoms with Gasteiger partial charge in [0.25, 0.3) is 5.69 Å². The fourth-order valence-corrected chi connectivity index (χ4v) is 1.99. The van der Waals surface area contributed by atoms with Gasteiger partial charge in [-0.3, -0.25) is 10.1 Å². The summed E-state index contributed by atoms with van der Waals surface area (Å²) in [7, 11) is 1.25. The van der Waals surface area contributed by atoms with Crippen molar-refractivity contribution >= 4 is 22.7 Å². The summed E-state index contributed by atoms with van der Waals surface area (Å²) in [5.41, 5.74) is 7.82. The molecule has 0 aliphatic rings. The SMILES string of the molecule is COC(=O)c1ccc([N+](=O)[O-])cc1.NCn1cnc2ccccc21. The first-order chi connectivity index (χ1) is 11.6. The molecule has 2 N–H and O–H groups in total. The number of esters is 1. The number of ether oxygens (including phenoxy) is 1. The second-order valence-corrected chi connectivity index (χ2v) is 4.68. The van der Waals surface area contributed by atoms with E-state index in [0.717, 1.165) is 11.0 Å². The second kappa shape index (κ2) is 7.84. The van der Waals surface area contributed by atoms with Crippen LogP contribution >= 0.6 is 0 Å². The third-order valence-corrected chi connectivity index (χ3v) is 3.22. The molecule has 1 aromatic heterocycles. The molecule has 8 heteroatoms. The Balaban J connectivity index is 0.000000175. The number of carbonyl (C=O) groups is 1. The molecule has 1 heterocycles. The van der Waals surface area contributed by atoms with E-state index in [1.54, 1.807) is 6.33 Å². The summed E-state index contributed by atoms with van der Waals surface area (Å²) in [6, 6.07) is 13.1. The predicted octanol–water partition coefficient (Wildman–Crippen LogP) is 2.33. The molecule has 0 atom stereocenters. The molecule has 0 saturated heterocycles. The molecule has 0 amide bonds. The van der Waals surface area contributed by atoms with Crippen LogP contribution in [0, 0.1) is 10.1 Å². The molecule has 8 nitrogen and oxygen atoms in total. The average molecular weight is 328 g/mol. The number of nitro benzene ring substituents is 1. The van der Waals surface area contributed by atoms with E-state index in [0.29, 0.717) is 12.2 Å². The van der Waals surface area contributed by atoms with Crippen LogP contribution in [-0.4, -0.2) is 27.6 Å². The summed E-state index contributed by atoms with van der Waals surface area (Å²) >= 11 is 0. The van der Waals surface area contributed by atoms with E-state index in [9.17, 15) is 14.9 Å². The van der Waals surface area contributed by atoms with Gasteiger partial charge in [0.15, 0.2) is 0 Å². The molecule has 2 aromatic carbocycles. The monoisotopic (exact) mass is 328 g/mol. The number of hydrogen-bond donors (Lipinski definition) is 1. The predicted molar refractivity (Wildman–Crippen MR) is 88.4 cm³/mol. The number of methoxy groups -OCH3 is 1. The van der Waals surface area contributed by atoms with Crippen molar-refractivity contribution in [2.24, 2.45) is 5.73 Å². The minimum atomic E-state index is -0.527. The van der Waals surface area contributed by atoms with Crippen LogP contribution in [0.5, 0.6) is 0 Å². The quantitative estimate of drug-likeness (QED) is 0.448. The van der Waals surface area contributed by atoms with Crippen molar-refractivity contribution in [1.29, 1.82) is 0 Å². The van der Waals surface area contributed by atoms with Gasteiger partial charge in [-0.25, -0.2) is 9.78 Å². The summed E-state index contributed by atoms with van der Waals surface area (Å²) in [6.07, 6.45) is 1.75. The number of nitro groups is 1. The lowest BCUT2D eigenvalue weighted by Gasteiger charge is -1.97. The van der Waals surface area contributed by atoms with Crippen LogP contribution < -0.4 is 5.73 Å². The summed E-state index contributed by atoms with van der Waals surface area (Å²) in [5.74, 6) is -0.505. The Hall–Kier alpha value is -3.26. The smallest absolute Gasteiger partial charge is 0.337 e. The van der Waals surface area contributed by atoms with Crippen molar-refractivity contribution in [3.63, 3.8) is 0 Å². The number of imidazole rings is 1. The summed E-state index contributed by atoms with van der Waals surface area (Å²) in [4.78, 5) is 24.8. The number of nitrogens with zero attached hydrogens (tertiary/aromatic N) is 3. The highest BCUT2D eigenvalue weighted by molar-refractivity contribution is 5.89. The molecular formula is C16H16N4O4. The van der Waals surface area contributed by atoms with Crippen LogP contribution in [-0.2, 0) is 11.4 Å². The molecule has 0 aliphatic heterocycles. The fourth-order valence-electron chi connectivity index (χ4n) is 1.99. The Kier molecular flexibility index (Phi) is 5.58. The Morgan fingerprint density at radius 2 is 1.92 bits per heavy atom. The van der Waals surface area contributed by atoms with E-state index in [2.05, 4.69) is 9.72 Å². The van der Waals surface area contributed by atoms with Crippen molar-refractivity contribution < 1.29 is 14.5 Å². The van der Waals surface area contributed by atoms with Crippen LogP contribution in [0.2, 0.25) is 0 Å². The van der Waals surface area contributed by atoms with Gasteiger partial charge in [-0.15, -0.1) is 0 Å². The maximum Gasteiger partial charge on any atom is 0.337 e. The molecule has 3 rings (SSSR count). The first-order valence-corrected chi connectivity index (χ1v) is 6.99. The number of fused-ring (bicyclic) bond motifs is 1. The van der Waals surface area contributed by atoms with Gasteiger partial charge in [-0.2, -0.15) is 0 Å². The number of rotatable bonds is 3. The van der Waals surface area contributed by atoms with E-state index >= 15 is 0 Å². The number of carbonyl (C=O) groups excluding carboxylic acids is 1. The number of para-hydroxylation sites is 2. The summed E-state index contributed by atoms with van der Waals surface area (Å²) in [6.45, 7) is 0.487. The second-order valence-electron chi connectivity index (χ2n) is 4.68. The summed E-state index contributed by atoms with van der Waals surface area (Å²) in [5, 5.41) is 10.2. The van der Waals surface area contributed by atoms with E-state index in [-0.39, 0.29) is 5.69 Å². The van der Waals surface area contributed by atoms with Crippen LogP contribution in [0.3, 0.4) is 0 Å². The number of benzene rings is 2. The molecule has 3 aromatic rings. The third-order valence-electron chi connectivity index (χ3n) is 3.22. The number of hydrogen-bond acceptors (Lipinski definition) is 6. The van der Waals surface area contributed by atoms with Gasteiger partial charge in [-0.05, 0) is 24.3 Å². The topological polar surface area (TPSA) is 113 Å². The zero-order valence-electron chi connectivity index (χ0n) is 13.0. The minimum Gasteiger partial charge on any atom is -0.465 e. The van der Waals surface area contributed by atoms with Crippen molar-refractivity contribution in [2.75, 3.05) is 7.11 Å². The third kappa shape index (κ3) is 3.93. The van der Waals surface area contributed by atoms with Gasteiger partial charge in [0, 0.05) is 12.1 Å². The first-order valence-electron chi connectivity index (χ1n) is 6.99. The van der Waals surface area contributed by atoms with E-state index in [1.807, 2.05) is 28.8 Å². The minimum absolute atomic E-state index is 0.0485. The van der Waals surface area contributed by atoms with E-state index in [4.69, 9.17) is 5.73 Å². The largest absolute Gasteiger partial charge is 0.465 e. The van der Waals surface area contributed by atoms with Gasteiger partial charge >= 0.3 is 5.97 Å². The molecule has 0 fully saturated rings. The lowest BCUT2D eigenvalue weighted by atomic mass is 10.2. The van der Waals surface area contributed by atoms with Crippen LogP contribution in [0.4, 0.5) is 5.69 Å². The standard InChI is InChI=1S/C8H9N3.C8H7NO4/c9-5-11-6-10-7-3-1-2-4-8(7)11;1-13-8(10)6-2-4-7(5-3-6)9(11)12/h1-4,6H,5,9H2;2-5H,1H3. The average Bonchev–Trinajstić information content (AvgIpc) is 3.05. The molecule has 124 valence electrons. The fraction of sp³-hybridized carbons (Fsp3) is 0.125. The van der Waals surface area contributed by atoms with Crippen molar-refractivity contribution in [3.8, 4) is 0 Å². The lowest BCUT2D eigenvalue weighted by Crippen LogP contribution is -2.04. The Morgan fingerprint density at radius 1 is 1.25 bits per heavy atom. The molecule has 24 heavy (non-hydrogen) atoms. The molecular weight excluding hydrogens is 312 g/mol. The van der Waals surface area contributed by atoms with Crippen molar-refractivity contribution in [1.82, 2.24) is 9.55 Å². The van der Waals surface area contributed by atoms with Gasteiger partial charge in [-0.1, -0.05) is 12.1 Å². The molecule has 0 radical (unpaired) electrons. The van der Waals surface area contributed by atoms with Gasteiger partial charge in [0.2, 0.25) is 0 Å². The Morgan fingerprint density at radius 3 is 2.50 bits per heavy atom. The van der Waals surface area contributed by atoms with Crippen LogP contribution in [0.15, 0.2) is 54.9 Å². The van der Waals surface area contributed by atoms with Crippen LogP contribution in [0.1, 0.15) is 10.4 Å². The maximum absolute atomic E-state index is 10.9. The van der Waals surface area contributed by atoms with E-state index < -0.39 is 10.9 Å². The highest BCUT2D eigenvalue weighted by atomic mass is 16.6. The van der Waals surface area contributed by atoms with Gasteiger partial charge < -0.3 is 15.0 Å². The Labute approximate surface area is 137 Å². The molecule has 0 spiro atoms. The van der Waals surface area contributed by atoms with Gasteiger partial charge in [0.1, 0.15) is 0 Å². The zero-order chi connectivity index (χ0) is 17.5. The summed E-state index contributed by atoms with van der Waals surface area (Å²) < 4.78 is 6.34. The zero-order valence-corrected chi connectivity index (χ0v) is 13.0. The molecule has 0 unspecified atom stereocenters. The number of aromatic nitrogens is 2. The Bertz CT molecular complexity index is 843. The van der Waals surface area contributed by atoms with Gasteiger partial charge in [0.05, 0.1) is 41.6 Å². The van der Waals surface area contributed by atoms with Crippen molar-refractivity contribution in [2.45, 2.75) is 6.67 Å². The maximum atomic E-state index is 10.9. The van der Waals surface area contributed by atoms with Crippen molar-refractivity contribution in [3.05, 3.63) is 70.5 Å². The lowest BCUT2D eigenvalue weighted by molar-refractivity contribution is -0.384. The number of non-ortho nitro benzene ring substituents is 1. The number of nitrogens with two attached hydrogens (primary N) is 1. The molecule has 0 saturated carbocycles. The first kappa shape index (κ1) is 17.1.